The van der Waals surface area contributed by atoms with Gasteiger partial charge in [0.05, 0.1) is 18.1 Å². The van der Waals surface area contributed by atoms with Gasteiger partial charge in [-0.05, 0) is 17.7 Å². The molecule has 164 valence electrons. The third kappa shape index (κ3) is 5.40. The second kappa shape index (κ2) is 9.74. The van der Waals surface area contributed by atoms with E-state index in [1.54, 1.807) is 17.9 Å². The summed E-state index contributed by atoms with van der Waals surface area (Å²) >= 11 is 0. The number of sulfonamides is 1. The van der Waals surface area contributed by atoms with E-state index in [0.717, 1.165) is 45.0 Å². The zero-order valence-electron chi connectivity index (χ0n) is 17.8. The first kappa shape index (κ1) is 21.7. The maximum Gasteiger partial charge on any atom is 0.246 e. The minimum Gasteiger partial charge on any atom is -0.299 e. The molecule has 4 rings (SSSR count). The lowest BCUT2D eigenvalue weighted by Crippen LogP contribution is -2.48. The third-order valence-corrected chi connectivity index (χ3v) is 7.54. The fourth-order valence-electron chi connectivity index (χ4n) is 3.76. The van der Waals surface area contributed by atoms with E-state index in [9.17, 15) is 8.42 Å². The summed E-state index contributed by atoms with van der Waals surface area (Å²) < 4.78 is 28.9. The standard InChI is InChI=1S/C23H29N5O2S/c1-25(31(29,30)23-18-24-28(20-23)22-10-6-3-7-11-22)12-13-26-14-16-27(17-15-26)19-21-8-4-2-5-9-21/h2-11,18,20H,12-17,19H2,1H3. The average Bonchev–Trinajstić information content (AvgIpc) is 3.31. The maximum atomic E-state index is 13.0. The van der Waals surface area contributed by atoms with Crippen LogP contribution in [0.5, 0.6) is 0 Å². The molecule has 1 aromatic heterocycles. The third-order valence-electron chi connectivity index (χ3n) is 5.73. The Balaban J connectivity index is 1.28. The normalized spacial score (nSPS) is 16.1. The zero-order valence-corrected chi connectivity index (χ0v) is 18.7. The molecule has 31 heavy (non-hydrogen) atoms. The molecule has 8 heteroatoms. The van der Waals surface area contributed by atoms with Crippen LogP contribution < -0.4 is 0 Å². The smallest absolute Gasteiger partial charge is 0.246 e. The molecule has 0 unspecified atom stereocenters. The maximum absolute atomic E-state index is 13.0. The second-order valence-corrected chi connectivity index (χ2v) is 9.93. The van der Waals surface area contributed by atoms with Crippen molar-refractivity contribution in [2.45, 2.75) is 11.4 Å². The number of likely N-dealkylation sites (N-methyl/N-ethyl adjacent to an activating group) is 1. The van der Waals surface area contributed by atoms with Crippen LogP contribution in [0.3, 0.4) is 0 Å². The number of aromatic nitrogens is 2. The Morgan fingerprint density at radius 2 is 1.52 bits per heavy atom. The van der Waals surface area contributed by atoms with Crippen LogP contribution in [0.15, 0.2) is 78.0 Å². The molecule has 0 amide bonds. The Labute approximate surface area is 184 Å². The summed E-state index contributed by atoms with van der Waals surface area (Å²) in [5.74, 6) is 0. The molecule has 2 heterocycles. The molecule has 0 atom stereocenters. The van der Waals surface area contributed by atoms with E-state index in [-0.39, 0.29) is 4.90 Å². The number of piperazine rings is 1. The van der Waals surface area contributed by atoms with Crippen molar-refractivity contribution in [2.24, 2.45) is 0 Å². The molecular formula is C23H29N5O2S. The van der Waals surface area contributed by atoms with Crippen molar-refractivity contribution in [3.63, 3.8) is 0 Å². The Bertz CT molecular complexity index is 1060. The van der Waals surface area contributed by atoms with E-state index in [2.05, 4.69) is 39.2 Å². The summed E-state index contributed by atoms with van der Waals surface area (Å²) in [6, 6.07) is 20.0. The van der Waals surface area contributed by atoms with Crippen LogP contribution in [0.1, 0.15) is 5.56 Å². The van der Waals surface area contributed by atoms with Gasteiger partial charge in [0.15, 0.2) is 0 Å². The Kier molecular flexibility index (Phi) is 6.82. The molecule has 0 saturated carbocycles. The van der Waals surface area contributed by atoms with Crippen LogP contribution in [0, 0.1) is 0 Å². The van der Waals surface area contributed by atoms with E-state index in [4.69, 9.17) is 0 Å². The molecule has 2 aromatic carbocycles. The van der Waals surface area contributed by atoms with Crippen LogP contribution in [-0.2, 0) is 16.6 Å². The molecule has 1 fully saturated rings. The van der Waals surface area contributed by atoms with Gasteiger partial charge < -0.3 is 0 Å². The summed E-state index contributed by atoms with van der Waals surface area (Å²) in [6.45, 7) is 6.04. The fraction of sp³-hybridized carbons (Fsp3) is 0.348. The highest BCUT2D eigenvalue weighted by atomic mass is 32.2. The lowest BCUT2D eigenvalue weighted by Gasteiger charge is -2.35. The number of benzene rings is 2. The van der Waals surface area contributed by atoms with E-state index in [1.165, 1.54) is 16.1 Å². The molecule has 0 radical (unpaired) electrons. The van der Waals surface area contributed by atoms with Crippen molar-refractivity contribution < 1.29 is 8.42 Å². The first-order chi connectivity index (χ1) is 15.0. The predicted molar refractivity (Wildman–Crippen MR) is 122 cm³/mol. The van der Waals surface area contributed by atoms with Gasteiger partial charge in [-0.15, -0.1) is 0 Å². The van der Waals surface area contributed by atoms with Gasteiger partial charge in [0.1, 0.15) is 4.90 Å². The van der Waals surface area contributed by atoms with Crippen LogP contribution in [0.25, 0.3) is 5.69 Å². The molecule has 1 aliphatic rings. The lowest BCUT2D eigenvalue weighted by atomic mass is 10.2. The summed E-state index contributed by atoms with van der Waals surface area (Å²) in [4.78, 5) is 5.00. The van der Waals surface area contributed by atoms with Gasteiger partial charge >= 0.3 is 0 Å². The van der Waals surface area contributed by atoms with Crippen molar-refractivity contribution in [1.29, 1.82) is 0 Å². The monoisotopic (exact) mass is 439 g/mol. The zero-order chi connectivity index (χ0) is 21.7. The van der Waals surface area contributed by atoms with Crippen molar-refractivity contribution >= 4 is 10.0 Å². The van der Waals surface area contributed by atoms with E-state index >= 15 is 0 Å². The SMILES string of the molecule is CN(CCN1CCN(Cc2ccccc2)CC1)S(=O)(=O)c1cnn(-c2ccccc2)c1. The van der Waals surface area contributed by atoms with Gasteiger partial charge in [-0.1, -0.05) is 48.5 Å². The van der Waals surface area contributed by atoms with Crippen molar-refractivity contribution in [1.82, 2.24) is 23.9 Å². The minimum atomic E-state index is -3.57. The molecule has 0 spiro atoms. The number of hydrogen-bond acceptors (Lipinski definition) is 5. The van der Waals surface area contributed by atoms with Crippen LogP contribution >= 0.6 is 0 Å². The Hall–Kier alpha value is -2.52. The number of para-hydroxylation sites is 1. The van der Waals surface area contributed by atoms with E-state index < -0.39 is 10.0 Å². The second-order valence-electron chi connectivity index (χ2n) is 7.89. The number of rotatable bonds is 8. The largest absolute Gasteiger partial charge is 0.299 e. The lowest BCUT2D eigenvalue weighted by molar-refractivity contribution is 0.124. The highest BCUT2D eigenvalue weighted by molar-refractivity contribution is 7.89. The summed E-state index contributed by atoms with van der Waals surface area (Å²) in [7, 11) is -1.93. The van der Waals surface area contributed by atoms with Crippen LogP contribution in [0.4, 0.5) is 0 Å². The first-order valence-electron chi connectivity index (χ1n) is 10.6. The summed E-state index contributed by atoms with van der Waals surface area (Å²) in [5, 5.41) is 4.22. The van der Waals surface area contributed by atoms with Gasteiger partial charge in [0.25, 0.3) is 0 Å². The quantitative estimate of drug-likeness (QED) is 0.539. The van der Waals surface area contributed by atoms with Crippen molar-refractivity contribution in [3.05, 3.63) is 78.6 Å². The van der Waals surface area contributed by atoms with Gasteiger partial charge in [-0.3, -0.25) is 9.80 Å². The minimum absolute atomic E-state index is 0.214. The fourth-order valence-corrected chi connectivity index (χ4v) is 4.85. The van der Waals surface area contributed by atoms with Crippen molar-refractivity contribution in [3.8, 4) is 5.69 Å². The van der Waals surface area contributed by atoms with E-state index in [0.29, 0.717) is 6.54 Å². The summed E-state index contributed by atoms with van der Waals surface area (Å²) in [6.07, 6.45) is 2.99. The average molecular weight is 440 g/mol. The van der Waals surface area contributed by atoms with Gasteiger partial charge in [-0.2, -0.15) is 9.40 Å². The van der Waals surface area contributed by atoms with Crippen LogP contribution in [0.2, 0.25) is 0 Å². The van der Waals surface area contributed by atoms with E-state index in [1.807, 2.05) is 36.4 Å². The molecule has 0 aliphatic carbocycles. The Morgan fingerprint density at radius 1 is 0.903 bits per heavy atom. The molecular weight excluding hydrogens is 410 g/mol. The predicted octanol–water partition coefficient (Wildman–Crippen LogP) is 2.31. The topological polar surface area (TPSA) is 61.7 Å². The highest BCUT2D eigenvalue weighted by Crippen LogP contribution is 2.16. The molecule has 0 N–H and O–H groups in total. The van der Waals surface area contributed by atoms with Crippen LogP contribution in [-0.4, -0.2) is 78.6 Å². The van der Waals surface area contributed by atoms with Crippen molar-refractivity contribution in [2.75, 3.05) is 46.3 Å². The Morgan fingerprint density at radius 3 is 2.19 bits per heavy atom. The van der Waals surface area contributed by atoms with Gasteiger partial charge in [0.2, 0.25) is 10.0 Å². The molecule has 0 bridgehead atoms. The molecule has 1 aliphatic heterocycles. The highest BCUT2D eigenvalue weighted by Gasteiger charge is 2.24. The molecule has 1 saturated heterocycles. The molecule has 3 aromatic rings. The first-order valence-corrected chi connectivity index (χ1v) is 12.0. The number of hydrogen-bond donors (Lipinski definition) is 0. The number of nitrogens with zero attached hydrogens (tertiary/aromatic N) is 5. The van der Waals surface area contributed by atoms with Gasteiger partial charge in [-0.25, -0.2) is 13.1 Å². The van der Waals surface area contributed by atoms with Gasteiger partial charge in [0, 0.05) is 52.9 Å². The summed E-state index contributed by atoms with van der Waals surface area (Å²) in [5.41, 5.74) is 2.16. The molecule has 7 nitrogen and oxygen atoms in total.